The first-order valence-electron chi connectivity index (χ1n) is 7.27. The topological polar surface area (TPSA) is 45.7 Å². The van der Waals surface area contributed by atoms with Crippen LogP contribution in [0.2, 0.25) is 0 Å². The van der Waals surface area contributed by atoms with E-state index in [1.165, 1.54) is 25.7 Å². The highest BCUT2D eigenvalue weighted by Gasteiger charge is 2.15. The summed E-state index contributed by atoms with van der Waals surface area (Å²) in [6.07, 6.45) is 6.27. The number of nitrogens with one attached hydrogen (secondary N) is 2. The molecule has 1 fully saturated rings. The van der Waals surface area contributed by atoms with Gasteiger partial charge in [-0.15, -0.1) is 0 Å². The molecule has 0 saturated heterocycles. The highest BCUT2D eigenvalue weighted by molar-refractivity contribution is 5.79. The van der Waals surface area contributed by atoms with Crippen LogP contribution in [0.1, 0.15) is 46.0 Å². The molecule has 0 amide bonds. The Morgan fingerprint density at radius 3 is 2.67 bits per heavy atom. The Morgan fingerprint density at radius 1 is 1.33 bits per heavy atom. The summed E-state index contributed by atoms with van der Waals surface area (Å²) in [5.41, 5.74) is 0. The first kappa shape index (κ1) is 15.3. The second kappa shape index (κ2) is 9.20. The number of hydrogen-bond acceptors (Lipinski definition) is 2. The van der Waals surface area contributed by atoms with Crippen LogP contribution in [0.4, 0.5) is 0 Å². The van der Waals surface area contributed by atoms with E-state index in [4.69, 9.17) is 4.74 Å². The molecule has 0 aromatic heterocycles. The van der Waals surface area contributed by atoms with Crippen LogP contribution in [-0.4, -0.2) is 38.8 Å². The Labute approximate surface area is 112 Å². The van der Waals surface area contributed by atoms with Gasteiger partial charge < -0.3 is 15.4 Å². The van der Waals surface area contributed by atoms with Gasteiger partial charge in [0.05, 0.1) is 0 Å². The van der Waals surface area contributed by atoms with Crippen LogP contribution in [0.3, 0.4) is 0 Å². The van der Waals surface area contributed by atoms with Crippen molar-refractivity contribution in [3.8, 4) is 0 Å². The zero-order valence-electron chi connectivity index (χ0n) is 12.2. The zero-order chi connectivity index (χ0) is 13.2. The van der Waals surface area contributed by atoms with Crippen LogP contribution < -0.4 is 10.6 Å². The standard InChI is InChI=1S/C14H29N3O/c1-12(2)11-18-10-6-9-16-14(15-3)17-13-7-4-5-8-13/h12-13H,4-11H2,1-3H3,(H2,15,16,17). The van der Waals surface area contributed by atoms with Gasteiger partial charge in [0.15, 0.2) is 5.96 Å². The fourth-order valence-electron chi connectivity index (χ4n) is 2.16. The molecule has 1 saturated carbocycles. The largest absolute Gasteiger partial charge is 0.381 e. The number of ether oxygens (including phenoxy) is 1. The molecule has 4 heteroatoms. The normalized spacial score (nSPS) is 17.4. The lowest BCUT2D eigenvalue weighted by molar-refractivity contribution is 0.108. The molecule has 0 bridgehead atoms. The lowest BCUT2D eigenvalue weighted by Crippen LogP contribution is -2.42. The Hall–Kier alpha value is -0.770. The molecule has 1 rings (SSSR count). The molecule has 106 valence electrons. The van der Waals surface area contributed by atoms with Crippen molar-refractivity contribution in [3.05, 3.63) is 0 Å². The van der Waals surface area contributed by atoms with Crippen LogP contribution in [0.25, 0.3) is 0 Å². The Bertz CT molecular complexity index is 235. The van der Waals surface area contributed by atoms with Gasteiger partial charge in [-0.2, -0.15) is 0 Å². The predicted octanol–water partition coefficient (Wildman–Crippen LogP) is 2.16. The van der Waals surface area contributed by atoms with Crippen LogP contribution in [0.5, 0.6) is 0 Å². The monoisotopic (exact) mass is 255 g/mol. The summed E-state index contributed by atoms with van der Waals surface area (Å²) in [5.74, 6) is 1.56. The SMILES string of the molecule is CN=C(NCCCOCC(C)C)NC1CCCC1. The molecule has 0 spiro atoms. The second-order valence-electron chi connectivity index (χ2n) is 5.45. The molecule has 1 aliphatic carbocycles. The summed E-state index contributed by atoms with van der Waals surface area (Å²) in [7, 11) is 1.83. The minimum atomic E-state index is 0.619. The molecule has 0 aromatic carbocycles. The van der Waals surface area contributed by atoms with Gasteiger partial charge in [-0.25, -0.2) is 0 Å². The summed E-state index contributed by atoms with van der Waals surface area (Å²) >= 11 is 0. The van der Waals surface area contributed by atoms with Crippen molar-refractivity contribution in [2.24, 2.45) is 10.9 Å². The molecule has 0 radical (unpaired) electrons. The molecule has 18 heavy (non-hydrogen) atoms. The molecule has 2 N–H and O–H groups in total. The number of aliphatic imine (C=N–C) groups is 1. The van der Waals surface area contributed by atoms with Crippen LogP contribution in [0.15, 0.2) is 4.99 Å². The van der Waals surface area contributed by atoms with E-state index in [1.807, 2.05) is 7.05 Å². The van der Waals surface area contributed by atoms with Gasteiger partial charge in [0, 0.05) is 32.8 Å². The number of guanidine groups is 1. The molecule has 0 unspecified atom stereocenters. The van der Waals surface area contributed by atoms with E-state index < -0.39 is 0 Å². The molecule has 0 aliphatic heterocycles. The average molecular weight is 255 g/mol. The van der Waals surface area contributed by atoms with Gasteiger partial charge in [-0.3, -0.25) is 4.99 Å². The Morgan fingerprint density at radius 2 is 2.06 bits per heavy atom. The number of hydrogen-bond donors (Lipinski definition) is 2. The van der Waals surface area contributed by atoms with Gasteiger partial charge in [-0.1, -0.05) is 26.7 Å². The van der Waals surface area contributed by atoms with Crippen molar-refractivity contribution in [1.29, 1.82) is 0 Å². The Kier molecular flexibility index (Phi) is 7.81. The Balaban J connectivity index is 2.01. The quantitative estimate of drug-likeness (QED) is 0.416. The summed E-state index contributed by atoms with van der Waals surface area (Å²) < 4.78 is 5.54. The van der Waals surface area contributed by atoms with E-state index in [-0.39, 0.29) is 0 Å². The smallest absolute Gasteiger partial charge is 0.191 e. The number of nitrogens with zero attached hydrogens (tertiary/aromatic N) is 1. The first-order valence-corrected chi connectivity index (χ1v) is 7.27. The van der Waals surface area contributed by atoms with Crippen molar-refractivity contribution in [3.63, 3.8) is 0 Å². The highest BCUT2D eigenvalue weighted by Crippen LogP contribution is 2.17. The zero-order valence-corrected chi connectivity index (χ0v) is 12.2. The maximum atomic E-state index is 5.54. The average Bonchev–Trinajstić information content (AvgIpc) is 2.84. The van der Waals surface area contributed by atoms with E-state index in [0.29, 0.717) is 12.0 Å². The van der Waals surface area contributed by atoms with Gasteiger partial charge in [-0.05, 0) is 25.2 Å². The predicted molar refractivity (Wildman–Crippen MR) is 77.0 cm³/mol. The van der Waals surface area contributed by atoms with Gasteiger partial charge in [0.2, 0.25) is 0 Å². The molecule has 0 heterocycles. The van der Waals surface area contributed by atoms with Crippen LogP contribution in [0, 0.1) is 5.92 Å². The summed E-state index contributed by atoms with van der Waals surface area (Å²) in [4.78, 5) is 4.25. The lowest BCUT2D eigenvalue weighted by Gasteiger charge is -2.16. The van der Waals surface area contributed by atoms with Crippen molar-refractivity contribution in [1.82, 2.24) is 10.6 Å². The van der Waals surface area contributed by atoms with Gasteiger partial charge in [0.1, 0.15) is 0 Å². The van der Waals surface area contributed by atoms with Crippen molar-refractivity contribution in [2.45, 2.75) is 52.0 Å². The molecular weight excluding hydrogens is 226 g/mol. The molecular formula is C14H29N3O. The fourth-order valence-corrected chi connectivity index (χ4v) is 2.16. The van der Waals surface area contributed by atoms with E-state index in [0.717, 1.165) is 32.1 Å². The first-order chi connectivity index (χ1) is 8.72. The van der Waals surface area contributed by atoms with E-state index in [2.05, 4.69) is 29.5 Å². The van der Waals surface area contributed by atoms with Crippen molar-refractivity contribution >= 4 is 5.96 Å². The molecule has 1 aliphatic rings. The summed E-state index contributed by atoms with van der Waals surface area (Å²) in [6, 6.07) is 0.619. The number of rotatable bonds is 7. The van der Waals surface area contributed by atoms with E-state index in [1.54, 1.807) is 0 Å². The maximum Gasteiger partial charge on any atom is 0.191 e. The van der Waals surface area contributed by atoms with Gasteiger partial charge in [0.25, 0.3) is 0 Å². The summed E-state index contributed by atoms with van der Waals surface area (Å²) in [5, 5.41) is 6.82. The third-order valence-corrected chi connectivity index (χ3v) is 3.13. The fraction of sp³-hybridized carbons (Fsp3) is 0.929. The molecule has 4 nitrogen and oxygen atoms in total. The van der Waals surface area contributed by atoms with Crippen molar-refractivity contribution in [2.75, 3.05) is 26.8 Å². The molecule has 0 aromatic rings. The van der Waals surface area contributed by atoms with Crippen LogP contribution in [-0.2, 0) is 4.74 Å². The lowest BCUT2D eigenvalue weighted by atomic mass is 10.2. The van der Waals surface area contributed by atoms with E-state index >= 15 is 0 Å². The molecule has 0 atom stereocenters. The van der Waals surface area contributed by atoms with Crippen LogP contribution >= 0.6 is 0 Å². The second-order valence-corrected chi connectivity index (χ2v) is 5.45. The third-order valence-electron chi connectivity index (χ3n) is 3.13. The highest BCUT2D eigenvalue weighted by atomic mass is 16.5. The van der Waals surface area contributed by atoms with Gasteiger partial charge >= 0.3 is 0 Å². The maximum absolute atomic E-state index is 5.54. The van der Waals surface area contributed by atoms with E-state index in [9.17, 15) is 0 Å². The third kappa shape index (κ3) is 6.84. The minimum Gasteiger partial charge on any atom is -0.381 e. The van der Waals surface area contributed by atoms with Crippen molar-refractivity contribution < 1.29 is 4.74 Å². The summed E-state index contributed by atoms with van der Waals surface area (Å²) in [6.45, 7) is 6.95. The minimum absolute atomic E-state index is 0.619.